The molecule has 4 nitrogen and oxygen atoms in total. The van der Waals surface area contributed by atoms with Crippen molar-refractivity contribution in [3.63, 3.8) is 0 Å². The maximum absolute atomic E-state index is 11.3. The van der Waals surface area contributed by atoms with Gasteiger partial charge in [-0.05, 0) is 23.8 Å². The molecule has 0 radical (unpaired) electrons. The van der Waals surface area contributed by atoms with Crippen molar-refractivity contribution in [2.45, 2.75) is 0 Å². The van der Waals surface area contributed by atoms with Gasteiger partial charge in [0, 0.05) is 36.3 Å². The van der Waals surface area contributed by atoms with E-state index in [9.17, 15) is 9.90 Å². The van der Waals surface area contributed by atoms with E-state index in [-0.39, 0.29) is 11.5 Å². The lowest BCUT2D eigenvalue weighted by atomic mass is 10.1. The standard InChI is InChI=1S/C17H17NO3S/c19-15-7-10-21-16(17(15)20)6-3-13-1-4-14(5-2-13)18-8-11-22-12-9-18/h1-7,10,20H,8-9,11-12H2/b6-3+. The molecule has 0 bridgehead atoms. The Morgan fingerprint density at radius 3 is 2.55 bits per heavy atom. The maximum Gasteiger partial charge on any atom is 0.227 e. The molecule has 3 rings (SSSR count). The molecule has 1 aliphatic heterocycles. The fourth-order valence-electron chi connectivity index (χ4n) is 2.33. The van der Waals surface area contributed by atoms with Crippen LogP contribution >= 0.6 is 11.8 Å². The van der Waals surface area contributed by atoms with Crippen LogP contribution in [0.15, 0.2) is 45.8 Å². The molecule has 0 saturated carbocycles. The first-order valence-electron chi connectivity index (χ1n) is 7.16. The number of aromatic hydroxyl groups is 1. The molecule has 1 N–H and O–H groups in total. The van der Waals surface area contributed by atoms with Gasteiger partial charge in [0.25, 0.3) is 0 Å². The monoisotopic (exact) mass is 315 g/mol. The average molecular weight is 315 g/mol. The molecule has 0 atom stereocenters. The van der Waals surface area contributed by atoms with Crippen LogP contribution in [0.25, 0.3) is 12.2 Å². The zero-order chi connectivity index (χ0) is 15.4. The molecule has 2 heterocycles. The van der Waals surface area contributed by atoms with E-state index in [0.717, 1.165) is 18.7 Å². The Morgan fingerprint density at radius 1 is 1.09 bits per heavy atom. The largest absolute Gasteiger partial charge is 0.502 e. The van der Waals surface area contributed by atoms with Gasteiger partial charge in [-0.2, -0.15) is 11.8 Å². The summed E-state index contributed by atoms with van der Waals surface area (Å²) in [6.45, 7) is 2.17. The Labute approximate surface area is 133 Å². The highest BCUT2D eigenvalue weighted by molar-refractivity contribution is 7.99. The van der Waals surface area contributed by atoms with Gasteiger partial charge in [-0.25, -0.2) is 0 Å². The van der Waals surface area contributed by atoms with Crippen LogP contribution in [0.3, 0.4) is 0 Å². The fourth-order valence-corrected chi connectivity index (χ4v) is 3.24. The molecule has 0 unspecified atom stereocenters. The SMILES string of the molecule is O=c1ccoc(/C=C/c2ccc(N3CCSCC3)cc2)c1O. The summed E-state index contributed by atoms with van der Waals surface area (Å²) in [5.74, 6) is 2.16. The quantitative estimate of drug-likeness (QED) is 0.943. The van der Waals surface area contributed by atoms with Crippen LogP contribution in [-0.2, 0) is 0 Å². The Morgan fingerprint density at radius 2 is 1.82 bits per heavy atom. The first-order chi connectivity index (χ1) is 10.7. The van der Waals surface area contributed by atoms with Crippen molar-refractivity contribution in [2.75, 3.05) is 29.5 Å². The van der Waals surface area contributed by atoms with Crippen LogP contribution in [0.2, 0.25) is 0 Å². The predicted octanol–water partition coefficient (Wildman–Crippen LogP) is 3.07. The van der Waals surface area contributed by atoms with E-state index in [2.05, 4.69) is 17.0 Å². The van der Waals surface area contributed by atoms with Crippen molar-refractivity contribution in [3.8, 4) is 5.75 Å². The van der Waals surface area contributed by atoms with Gasteiger partial charge in [0.05, 0.1) is 6.26 Å². The second-order valence-electron chi connectivity index (χ2n) is 5.02. The summed E-state index contributed by atoms with van der Waals surface area (Å²) < 4.78 is 5.13. The summed E-state index contributed by atoms with van der Waals surface area (Å²) in [6, 6.07) is 9.42. The highest BCUT2D eigenvalue weighted by Crippen LogP contribution is 2.21. The predicted molar refractivity (Wildman–Crippen MR) is 91.6 cm³/mol. The minimum atomic E-state index is -0.441. The van der Waals surface area contributed by atoms with E-state index in [1.54, 1.807) is 6.08 Å². The first-order valence-corrected chi connectivity index (χ1v) is 8.31. The van der Waals surface area contributed by atoms with Crippen LogP contribution < -0.4 is 10.3 Å². The van der Waals surface area contributed by atoms with Gasteiger partial charge in [0.1, 0.15) is 0 Å². The number of hydrogen-bond donors (Lipinski definition) is 1. The molecule has 1 aliphatic rings. The molecular weight excluding hydrogens is 298 g/mol. The van der Waals surface area contributed by atoms with Crippen molar-refractivity contribution in [1.29, 1.82) is 0 Å². The molecule has 1 saturated heterocycles. The molecule has 0 aliphatic carbocycles. The zero-order valence-electron chi connectivity index (χ0n) is 12.1. The highest BCUT2D eigenvalue weighted by atomic mass is 32.2. The summed E-state index contributed by atoms with van der Waals surface area (Å²) in [4.78, 5) is 13.7. The van der Waals surface area contributed by atoms with E-state index in [4.69, 9.17) is 4.42 Å². The Hall–Kier alpha value is -2.14. The van der Waals surface area contributed by atoms with Gasteiger partial charge < -0.3 is 14.4 Å². The van der Waals surface area contributed by atoms with Crippen LogP contribution in [0.1, 0.15) is 11.3 Å². The van der Waals surface area contributed by atoms with E-state index < -0.39 is 5.43 Å². The number of nitrogens with zero attached hydrogens (tertiary/aromatic N) is 1. The van der Waals surface area contributed by atoms with Crippen LogP contribution in [0.5, 0.6) is 5.75 Å². The molecule has 0 spiro atoms. The average Bonchev–Trinajstić information content (AvgIpc) is 2.57. The van der Waals surface area contributed by atoms with Gasteiger partial charge in [-0.15, -0.1) is 0 Å². The number of anilines is 1. The summed E-state index contributed by atoms with van der Waals surface area (Å²) in [5, 5.41) is 9.62. The van der Waals surface area contributed by atoms with Gasteiger partial charge in [-0.1, -0.05) is 18.2 Å². The lowest BCUT2D eigenvalue weighted by Crippen LogP contribution is -2.32. The Bertz CT molecular complexity index is 715. The highest BCUT2D eigenvalue weighted by Gasteiger charge is 2.10. The smallest absolute Gasteiger partial charge is 0.227 e. The topological polar surface area (TPSA) is 53.7 Å². The lowest BCUT2D eigenvalue weighted by molar-refractivity contribution is 0.424. The van der Waals surface area contributed by atoms with E-state index in [0.29, 0.717) is 0 Å². The van der Waals surface area contributed by atoms with E-state index in [1.165, 1.54) is 29.5 Å². The van der Waals surface area contributed by atoms with Gasteiger partial charge in [-0.3, -0.25) is 4.79 Å². The minimum Gasteiger partial charge on any atom is -0.502 e. The van der Waals surface area contributed by atoms with Crippen molar-refractivity contribution in [2.24, 2.45) is 0 Å². The second-order valence-corrected chi connectivity index (χ2v) is 6.25. The third kappa shape index (κ3) is 3.36. The van der Waals surface area contributed by atoms with Crippen LogP contribution in [0.4, 0.5) is 5.69 Å². The lowest BCUT2D eigenvalue weighted by Gasteiger charge is -2.28. The maximum atomic E-state index is 11.3. The minimum absolute atomic E-state index is 0.171. The summed E-state index contributed by atoms with van der Waals surface area (Å²) >= 11 is 1.99. The summed E-state index contributed by atoms with van der Waals surface area (Å²) in [7, 11) is 0. The van der Waals surface area contributed by atoms with Crippen molar-refractivity contribution >= 4 is 29.6 Å². The fraction of sp³-hybridized carbons (Fsp3) is 0.235. The molecule has 5 heteroatoms. The number of hydrogen-bond acceptors (Lipinski definition) is 5. The van der Waals surface area contributed by atoms with Gasteiger partial charge >= 0.3 is 0 Å². The Kier molecular flexibility index (Phi) is 4.53. The third-order valence-electron chi connectivity index (χ3n) is 3.58. The molecule has 0 amide bonds. The molecule has 1 aromatic carbocycles. The van der Waals surface area contributed by atoms with Crippen LogP contribution in [-0.4, -0.2) is 29.7 Å². The normalized spacial score (nSPS) is 15.4. The van der Waals surface area contributed by atoms with Crippen molar-refractivity contribution in [1.82, 2.24) is 0 Å². The van der Waals surface area contributed by atoms with E-state index >= 15 is 0 Å². The Balaban J connectivity index is 1.74. The zero-order valence-corrected chi connectivity index (χ0v) is 12.9. The molecule has 22 heavy (non-hydrogen) atoms. The van der Waals surface area contributed by atoms with E-state index in [1.807, 2.05) is 30.0 Å². The molecule has 1 fully saturated rings. The van der Waals surface area contributed by atoms with Gasteiger partial charge in [0.2, 0.25) is 11.2 Å². The molecular formula is C17H17NO3S. The van der Waals surface area contributed by atoms with Crippen molar-refractivity contribution in [3.05, 3.63) is 58.1 Å². The molecule has 1 aromatic heterocycles. The molecule has 114 valence electrons. The second kappa shape index (κ2) is 6.75. The van der Waals surface area contributed by atoms with Crippen LogP contribution in [0, 0.1) is 0 Å². The molecule has 2 aromatic rings. The van der Waals surface area contributed by atoms with Crippen molar-refractivity contribution < 1.29 is 9.52 Å². The number of rotatable bonds is 3. The third-order valence-corrected chi connectivity index (χ3v) is 4.52. The van der Waals surface area contributed by atoms with Gasteiger partial charge in [0.15, 0.2) is 5.76 Å². The summed E-state index contributed by atoms with van der Waals surface area (Å²) in [5.41, 5.74) is 1.77. The number of benzene rings is 1. The number of thioether (sulfide) groups is 1. The first kappa shape index (κ1) is 14.8. The summed E-state index contributed by atoms with van der Waals surface area (Å²) in [6.07, 6.45) is 4.69.